The Kier molecular flexibility index (Phi) is 4.60. The van der Waals surface area contributed by atoms with Gasteiger partial charge in [-0.1, -0.05) is 23.9 Å². The van der Waals surface area contributed by atoms with E-state index in [1.165, 1.54) is 18.7 Å². The van der Waals surface area contributed by atoms with Crippen molar-refractivity contribution in [2.24, 2.45) is 0 Å². The fourth-order valence-corrected chi connectivity index (χ4v) is 3.61. The van der Waals surface area contributed by atoms with Crippen LogP contribution in [0.25, 0.3) is 6.08 Å². The third-order valence-electron chi connectivity index (χ3n) is 3.28. The number of thioether (sulfide) groups is 1. The molecule has 7 heteroatoms. The number of hydrogen-bond donors (Lipinski definition) is 2. The highest BCUT2D eigenvalue weighted by Gasteiger charge is 2.21. The Balaban J connectivity index is 1.90. The second-order valence-corrected chi connectivity index (χ2v) is 6.96. The maximum Gasteiger partial charge on any atom is 0.308 e. The number of benzene rings is 2. The highest BCUT2D eigenvalue weighted by molar-refractivity contribution is 8.04. The van der Waals surface area contributed by atoms with Crippen LogP contribution in [0.2, 0.25) is 0 Å². The topological polar surface area (TPSA) is 81.4 Å². The highest BCUT2D eigenvalue weighted by atomic mass is 32.2. The smallest absolute Gasteiger partial charge is 0.308 e. The summed E-state index contributed by atoms with van der Waals surface area (Å²) in [5.74, 6) is -0.283. The number of fused-ring (bicyclic) bond motifs is 1. The first kappa shape index (κ1) is 16.6. The van der Waals surface area contributed by atoms with Crippen molar-refractivity contribution >= 4 is 55.6 Å². The first-order valence-corrected chi connectivity index (χ1v) is 8.50. The van der Waals surface area contributed by atoms with E-state index in [9.17, 15) is 9.59 Å². The molecule has 0 bridgehead atoms. The summed E-state index contributed by atoms with van der Waals surface area (Å²) in [6.07, 6.45) is 1.76. The Morgan fingerprint density at radius 2 is 2.08 bits per heavy atom. The first-order chi connectivity index (χ1) is 11.4. The molecule has 1 aliphatic heterocycles. The van der Waals surface area contributed by atoms with Crippen molar-refractivity contribution in [2.75, 3.05) is 11.1 Å². The molecule has 0 spiro atoms. The van der Waals surface area contributed by atoms with Gasteiger partial charge in [0, 0.05) is 11.8 Å². The van der Waals surface area contributed by atoms with E-state index >= 15 is 0 Å². The van der Waals surface area contributed by atoms with Crippen LogP contribution in [0.3, 0.4) is 0 Å². The summed E-state index contributed by atoms with van der Waals surface area (Å²) in [6.45, 7) is 1.32. The highest BCUT2D eigenvalue weighted by Crippen LogP contribution is 2.38. The number of amides is 1. The molecule has 0 fully saturated rings. The molecule has 0 saturated carbocycles. The minimum Gasteiger partial charge on any atom is -0.425 e. The standard InChI is InChI=1S/C17H15N2O3PS/c1-9(20)22-14-5-2-10(6-12(14)18)7-16-17(21)19-13-4-3-11(23)8-15(13)24-16/h2-8H,18,23H2,1H3,(H,19,21)/b16-7-. The lowest BCUT2D eigenvalue weighted by Crippen LogP contribution is -2.18. The van der Waals surface area contributed by atoms with Crippen molar-refractivity contribution in [3.63, 3.8) is 0 Å². The van der Waals surface area contributed by atoms with Gasteiger partial charge in [-0.3, -0.25) is 9.59 Å². The molecular formula is C17H15N2O3PS. The monoisotopic (exact) mass is 358 g/mol. The number of carbonyl (C=O) groups is 2. The molecule has 1 atom stereocenters. The van der Waals surface area contributed by atoms with Gasteiger partial charge in [0.15, 0.2) is 5.75 Å². The third kappa shape index (κ3) is 3.61. The molecule has 2 aromatic rings. The normalized spacial score (nSPS) is 14.9. The number of rotatable bonds is 2. The average molecular weight is 358 g/mol. The number of anilines is 2. The Hall–Kier alpha value is -2.30. The lowest BCUT2D eigenvalue weighted by atomic mass is 10.1. The fraction of sp³-hybridized carbons (Fsp3) is 0.0588. The predicted molar refractivity (Wildman–Crippen MR) is 100 cm³/mol. The summed E-state index contributed by atoms with van der Waals surface area (Å²) in [5.41, 5.74) is 7.79. The third-order valence-corrected chi connectivity index (χ3v) is 4.72. The van der Waals surface area contributed by atoms with E-state index < -0.39 is 5.97 Å². The summed E-state index contributed by atoms with van der Waals surface area (Å²) in [4.78, 5) is 24.8. The van der Waals surface area contributed by atoms with E-state index in [1.54, 1.807) is 24.3 Å². The molecule has 5 nitrogen and oxygen atoms in total. The fourth-order valence-electron chi connectivity index (χ4n) is 2.23. The number of hydrogen-bond acceptors (Lipinski definition) is 5. The zero-order valence-electron chi connectivity index (χ0n) is 12.8. The van der Waals surface area contributed by atoms with Crippen LogP contribution in [-0.4, -0.2) is 11.9 Å². The molecule has 0 radical (unpaired) electrons. The average Bonchev–Trinajstić information content (AvgIpc) is 2.51. The first-order valence-electron chi connectivity index (χ1n) is 7.11. The summed E-state index contributed by atoms with van der Waals surface area (Å²) in [7, 11) is 2.64. The van der Waals surface area contributed by atoms with E-state index in [-0.39, 0.29) is 5.91 Å². The maximum atomic E-state index is 12.2. The molecule has 122 valence electrons. The molecule has 24 heavy (non-hydrogen) atoms. The van der Waals surface area contributed by atoms with Crippen LogP contribution < -0.4 is 21.1 Å². The molecule has 1 aliphatic rings. The molecule has 3 rings (SSSR count). The quantitative estimate of drug-likeness (QED) is 0.284. The SMILES string of the molecule is CC(=O)Oc1ccc(/C=C2\Sc3cc(P)ccc3NC2=O)cc1N. The second-order valence-electron chi connectivity index (χ2n) is 5.21. The van der Waals surface area contributed by atoms with Crippen molar-refractivity contribution in [2.45, 2.75) is 11.8 Å². The Labute approximate surface area is 145 Å². The van der Waals surface area contributed by atoms with Gasteiger partial charge in [0.1, 0.15) is 0 Å². The zero-order chi connectivity index (χ0) is 17.3. The molecule has 2 aromatic carbocycles. The van der Waals surface area contributed by atoms with E-state index in [4.69, 9.17) is 10.5 Å². The molecule has 0 aliphatic carbocycles. The van der Waals surface area contributed by atoms with Gasteiger partial charge in [0.25, 0.3) is 5.91 Å². The summed E-state index contributed by atoms with van der Waals surface area (Å²) in [5, 5.41) is 3.92. The molecule has 1 unspecified atom stereocenters. The summed E-state index contributed by atoms with van der Waals surface area (Å²) in [6, 6.07) is 10.8. The van der Waals surface area contributed by atoms with Crippen LogP contribution in [-0.2, 0) is 9.59 Å². The van der Waals surface area contributed by atoms with Gasteiger partial charge < -0.3 is 15.8 Å². The number of ether oxygens (including phenoxy) is 1. The Morgan fingerprint density at radius 1 is 1.29 bits per heavy atom. The molecule has 1 heterocycles. The number of nitrogens with one attached hydrogen (secondary N) is 1. The molecular weight excluding hydrogens is 343 g/mol. The van der Waals surface area contributed by atoms with Crippen molar-refractivity contribution < 1.29 is 14.3 Å². The van der Waals surface area contributed by atoms with E-state index in [0.717, 1.165) is 21.5 Å². The van der Waals surface area contributed by atoms with Crippen LogP contribution in [0.15, 0.2) is 46.2 Å². The van der Waals surface area contributed by atoms with Crippen molar-refractivity contribution in [3.05, 3.63) is 46.9 Å². The van der Waals surface area contributed by atoms with Gasteiger partial charge in [-0.15, -0.1) is 9.24 Å². The maximum absolute atomic E-state index is 12.2. The lowest BCUT2D eigenvalue weighted by Gasteiger charge is -2.19. The van der Waals surface area contributed by atoms with E-state index in [2.05, 4.69) is 14.6 Å². The van der Waals surface area contributed by atoms with Gasteiger partial charge in [-0.25, -0.2) is 0 Å². The van der Waals surface area contributed by atoms with Gasteiger partial charge in [-0.2, -0.15) is 0 Å². The van der Waals surface area contributed by atoms with Crippen LogP contribution in [0.1, 0.15) is 12.5 Å². The predicted octanol–water partition coefficient (Wildman–Crippen LogP) is 2.78. The van der Waals surface area contributed by atoms with Crippen molar-refractivity contribution in [3.8, 4) is 5.75 Å². The minimum absolute atomic E-state index is 0.161. The Morgan fingerprint density at radius 3 is 2.79 bits per heavy atom. The molecule has 0 saturated heterocycles. The Bertz CT molecular complexity index is 880. The van der Waals surface area contributed by atoms with Crippen LogP contribution in [0.4, 0.5) is 11.4 Å². The summed E-state index contributed by atoms with van der Waals surface area (Å²) >= 11 is 1.40. The van der Waals surface area contributed by atoms with Gasteiger partial charge in [-0.05, 0) is 41.2 Å². The second kappa shape index (κ2) is 6.67. The number of nitrogens with two attached hydrogens (primary N) is 1. The van der Waals surface area contributed by atoms with Crippen molar-refractivity contribution in [1.82, 2.24) is 0 Å². The van der Waals surface area contributed by atoms with Crippen LogP contribution in [0, 0.1) is 0 Å². The van der Waals surface area contributed by atoms with Gasteiger partial charge >= 0.3 is 5.97 Å². The lowest BCUT2D eigenvalue weighted by molar-refractivity contribution is -0.131. The molecule has 3 N–H and O–H groups in total. The van der Waals surface area contributed by atoms with Gasteiger partial charge in [0.05, 0.1) is 16.3 Å². The van der Waals surface area contributed by atoms with E-state index in [1.807, 2.05) is 18.2 Å². The largest absolute Gasteiger partial charge is 0.425 e. The van der Waals surface area contributed by atoms with Crippen LogP contribution in [0.5, 0.6) is 5.75 Å². The van der Waals surface area contributed by atoms with Gasteiger partial charge in [0.2, 0.25) is 0 Å². The molecule has 1 amide bonds. The van der Waals surface area contributed by atoms with Crippen molar-refractivity contribution in [1.29, 1.82) is 0 Å². The minimum atomic E-state index is -0.431. The number of nitrogen functional groups attached to an aromatic ring is 1. The molecule has 0 aromatic heterocycles. The number of esters is 1. The summed E-state index contributed by atoms with van der Waals surface area (Å²) < 4.78 is 5.00. The van der Waals surface area contributed by atoms with Crippen LogP contribution >= 0.6 is 21.0 Å². The van der Waals surface area contributed by atoms with E-state index in [0.29, 0.717) is 16.3 Å². The number of carbonyl (C=O) groups excluding carboxylic acids is 2. The zero-order valence-corrected chi connectivity index (χ0v) is 14.8.